The highest BCUT2D eigenvalue weighted by molar-refractivity contribution is 5.89. The second-order valence-corrected chi connectivity index (χ2v) is 5.93. The molecule has 116 valence electrons. The summed E-state index contributed by atoms with van der Waals surface area (Å²) in [6.07, 6.45) is 0. The van der Waals surface area contributed by atoms with Crippen LogP contribution in [0.4, 0.5) is 10.5 Å². The first-order valence-electron chi connectivity index (χ1n) is 7.28. The number of carbonyl (C=O) groups excluding carboxylic acids is 1. The van der Waals surface area contributed by atoms with Crippen LogP contribution >= 0.6 is 0 Å². The average molecular weight is 298 g/mol. The van der Waals surface area contributed by atoms with Crippen LogP contribution in [0.3, 0.4) is 0 Å². The Morgan fingerprint density at radius 1 is 1.14 bits per heavy atom. The molecule has 0 saturated heterocycles. The molecule has 22 heavy (non-hydrogen) atoms. The van der Waals surface area contributed by atoms with E-state index in [-0.39, 0.29) is 6.03 Å². The lowest BCUT2D eigenvalue weighted by Crippen LogP contribution is -2.28. The van der Waals surface area contributed by atoms with Gasteiger partial charge in [-0.15, -0.1) is 0 Å². The highest BCUT2D eigenvalue weighted by Crippen LogP contribution is 2.19. The quantitative estimate of drug-likeness (QED) is 0.808. The van der Waals surface area contributed by atoms with Crippen LogP contribution in [0.25, 0.3) is 0 Å². The summed E-state index contributed by atoms with van der Waals surface area (Å²) in [7, 11) is 0. The zero-order valence-electron chi connectivity index (χ0n) is 13.2. The van der Waals surface area contributed by atoms with Crippen molar-refractivity contribution in [3.63, 3.8) is 0 Å². The van der Waals surface area contributed by atoms with Gasteiger partial charge in [0, 0.05) is 12.2 Å². The number of rotatable bonds is 4. The van der Waals surface area contributed by atoms with Crippen molar-refractivity contribution in [2.45, 2.75) is 32.9 Å². The zero-order valence-corrected chi connectivity index (χ0v) is 13.2. The first kappa shape index (κ1) is 16.0. The number of amides is 2. The van der Waals surface area contributed by atoms with Gasteiger partial charge in [0.05, 0.1) is 5.60 Å². The molecule has 0 aromatic heterocycles. The van der Waals surface area contributed by atoms with E-state index in [1.165, 1.54) is 0 Å². The molecule has 0 saturated carbocycles. The van der Waals surface area contributed by atoms with Gasteiger partial charge in [-0.3, -0.25) is 0 Å². The van der Waals surface area contributed by atoms with Gasteiger partial charge in [0.1, 0.15) is 0 Å². The number of aryl methyl sites for hydroxylation is 1. The molecule has 0 unspecified atom stereocenters. The van der Waals surface area contributed by atoms with Crippen LogP contribution in [0.2, 0.25) is 0 Å². The van der Waals surface area contributed by atoms with Crippen molar-refractivity contribution in [2.24, 2.45) is 0 Å². The van der Waals surface area contributed by atoms with Gasteiger partial charge in [0.2, 0.25) is 0 Å². The van der Waals surface area contributed by atoms with Gasteiger partial charge in [-0.2, -0.15) is 0 Å². The number of benzene rings is 2. The molecule has 0 atom stereocenters. The molecule has 2 aromatic rings. The fraction of sp³-hybridized carbons (Fsp3) is 0.278. The molecule has 0 radical (unpaired) electrons. The number of hydrogen-bond donors (Lipinski definition) is 3. The van der Waals surface area contributed by atoms with E-state index in [4.69, 9.17) is 0 Å². The first-order valence-corrected chi connectivity index (χ1v) is 7.28. The standard InChI is InChI=1S/C18H22N2O2/c1-13-5-4-6-16(11-13)20-17(21)19-12-14-7-9-15(10-8-14)18(2,3)22/h4-11,22H,12H2,1-3H3,(H2,19,20,21). The van der Waals surface area contributed by atoms with Gasteiger partial charge < -0.3 is 15.7 Å². The van der Waals surface area contributed by atoms with Gasteiger partial charge >= 0.3 is 6.03 Å². The first-order chi connectivity index (χ1) is 10.3. The summed E-state index contributed by atoms with van der Waals surface area (Å²) >= 11 is 0. The lowest BCUT2D eigenvalue weighted by atomic mass is 9.97. The zero-order chi connectivity index (χ0) is 16.2. The van der Waals surface area contributed by atoms with Crippen molar-refractivity contribution in [1.29, 1.82) is 0 Å². The molecule has 0 aliphatic rings. The molecule has 0 spiro atoms. The van der Waals surface area contributed by atoms with Crippen LogP contribution in [0, 0.1) is 6.92 Å². The molecule has 2 rings (SSSR count). The van der Waals surface area contributed by atoms with E-state index >= 15 is 0 Å². The van der Waals surface area contributed by atoms with E-state index in [0.717, 1.165) is 22.4 Å². The summed E-state index contributed by atoms with van der Waals surface area (Å²) in [5.41, 5.74) is 2.84. The van der Waals surface area contributed by atoms with Crippen molar-refractivity contribution in [3.8, 4) is 0 Å². The Hall–Kier alpha value is -2.33. The van der Waals surface area contributed by atoms with E-state index in [2.05, 4.69) is 10.6 Å². The van der Waals surface area contributed by atoms with Crippen molar-refractivity contribution < 1.29 is 9.90 Å². The van der Waals surface area contributed by atoms with Crippen molar-refractivity contribution >= 4 is 11.7 Å². The third-order valence-electron chi connectivity index (χ3n) is 3.39. The summed E-state index contributed by atoms with van der Waals surface area (Å²) in [5.74, 6) is 0. The summed E-state index contributed by atoms with van der Waals surface area (Å²) in [5, 5.41) is 15.5. The number of urea groups is 1. The summed E-state index contributed by atoms with van der Waals surface area (Å²) in [6, 6.07) is 15.0. The summed E-state index contributed by atoms with van der Waals surface area (Å²) < 4.78 is 0. The lowest BCUT2D eigenvalue weighted by Gasteiger charge is -2.18. The summed E-state index contributed by atoms with van der Waals surface area (Å²) in [6.45, 7) is 5.90. The minimum Gasteiger partial charge on any atom is -0.386 e. The molecule has 2 amide bonds. The molecule has 3 N–H and O–H groups in total. The van der Waals surface area contributed by atoms with Gasteiger partial charge in [-0.1, -0.05) is 36.4 Å². The molecule has 0 heterocycles. The number of nitrogens with one attached hydrogen (secondary N) is 2. The molecular weight excluding hydrogens is 276 g/mol. The van der Waals surface area contributed by atoms with Crippen LogP contribution in [0.15, 0.2) is 48.5 Å². The maximum Gasteiger partial charge on any atom is 0.319 e. The van der Waals surface area contributed by atoms with E-state index in [1.807, 2.05) is 55.5 Å². The number of hydrogen-bond acceptors (Lipinski definition) is 2. The van der Waals surface area contributed by atoms with Gasteiger partial charge in [-0.05, 0) is 49.6 Å². The number of aliphatic hydroxyl groups is 1. The monoisotopic (exact) mass is 298 g/mol. The maximum absolute atomic E-state index is 11.9. The maximum atomic E-state index is 11.9. The van der Waals surface area contributed by atoms with Crippen LogP contribution in [-0.2, 0) is 12.1 Å². The second kappa shape index (κ2) is 6.62. The Bertz CT molecular complexity index is 643. The Morgan fingerprint density at radius 2 is 1.82 bits per heavy atom. The second-order valence-electron chi connectivity index (χ2n) is 5.93. The van der Waals surface area contributed by atoms with Gasteiger partial charge in [0.25, 0.3) is 0 Å². The molecule has 0 fully saturated rings. The van der Waals surface area contributed by atoms with E-state index in [1.54, 1.807) is 13.8 Å². The van der Waals surface area contributed by atoms with Crippen LogP contribution in [-0.4, -0.2) is 11.1 Å². The fourth-order valence-electron chi connectivity index (χ4n) is 2.11. The van der Waals surface area contributed by atoms with Crippen LogP contribution < -0.4 is 10.6 Å². The third kappa shape index (κ3) is 4.60. The minimum atomic E-state index is -0.853. The van der Waals surface area contributed by atoms with Crippen LogP contribution in [0.5, 0.6) is 0 Å². The average Bonchev–Trinajstić information content (AvgIpc) is 2.45. The number of carbonyl (C=O) groups is 1. The molecule has 0 bridgehead atoms. The predicted octanol–water partition coefficient (Wildman–Crippen LogP) is 3.54. The summed E-state index contributed by atoms with van der Waals surface area (Å²) in [4.78, 5) is 11.9. The van der Waals surface area contributed by atoms with E-state index in [0.29, 0.717) is 6.54 Å². The fourth-order valence-corrected chi connectivity index (χ4v) is 2.11. The van der Waals surface area contributed by atoms with Crippen molar-refractivity contribution in [2.75, 3.05) is 5.32 Å². The minimum absolute atomic E-state index is 0.239. The van der Waals surface area contributed by atoms with Crippen LogP contribution in [0.1, 0.15) is 30.5 Å². The molecule has 0 aliphatic carbocycles. The Morgan fingerprint density at radius 3 is 2.41 bits per heavy atom. The molecule has 4 nitrogen and oxygen atoms in total. The molecular formula is C18H22N2O2. The molecule has 2 aromatic carbocycles. The SMILES string of the molecule is Cc1cccc(NC(=O)NCc2ccc(C(C)(C)O)cc2)c1. The Labute approximate surface area is 131 Å². The third-order valence-corrected chi connectivity index (χ3v) is 3.39. The highest BCUT2D eigenvalue weighted by Gasteiger charge is 2.15. The van der Waals surface area contributed by atoms with Gasteiger partial charge in [0.15, 0.2) is 0 Å². The topological polar surface area (TPSA) is 61.4 Å². The molecule has 0 aliphatic heterocycles. The lowest BCUT2D eigenvalue weighted by molar-refractivity contribution is 0.0786. The predicted molar refractivity (Wildman–Crippen MR) is 88.7 cm³/mol. The van der Waals surface area contributed by atoms with Gasteiger partial charge in [-0.25, -0.2) is 4.79 Å². The molecule has 4 heteroatoms. The largest absolute Gasteiger partial charge is 0.386 e. The Balaban J connectivity index is 1.88. The number of anilines is 1. The smallest absolute Gasteiger partial charge is 0.319 e. The normalized spacial score (nSPS) is 11.1. The van der Waals surface area contributed by atoms with E-state index in [9.17, 15) is 9.90 Å². The van der Waals surface area contributed by atoms with Crippen molar-refractivity contribution in [3.05, 3.63) is 65.2 Å². The highest BCUT2D eigenvalue weighted by atomic mass is 16.3. The van der Waals surface area contributed by atoms with E-state index < -0.39 is 5.60 Å². The van der Waals surface area contributed by atoms with Crippen molar-refractivity contribution in [1.82, 2.24) is 5.32 Å². The Kier molecular flexibility index (Phi) is 4.83.